The lowest BCUT2D eigenvalue weighted by molar-refractivity contribution is 0.652. The maximum Gasteiger partial charge on any atom is 0.261 e. The van der Waals surface area contributed by atoms with Crippen molar-refractivity contribution in [2.24, 2.45) is 0 Å². The normalized spacial score (nSPS) is 10.9. The van der Waals surface area contributed by atoms with Crippen LogP contribution in [0.3, 0.4) is 0 Å². The van der Waals surface area contributed by atoms with Gasteiger partial charge in [-0.25, -0.2) is 4.98 Å². The van der Waals surface area contributed by atoms with Crippen molar-refractivity contribution in [3.05, 3.63) is 39.9 Å². The zero-order chi connectivity index (χ0) is 12.3. The number of fused-ring (bicyclic) bond motifs is 1. The molecule has 0 fully saturated rings. The van der Waals surface area contributed by atoms with Crippen molar-refractivity contribution < 1.29 is 0 Å². The van der Waals surface area contributed by atoms with Crippen molar-refractivity contribution in [1.82, 2.24) is 9.55 Å². The quantitative estimate of drug-likeness (QED) is 0.800. The first-order valence-corrected chi connectivity index (χ1v) is 7.13. The van der Waals surface area contributed by atoms with E-state index < -0.39 is 0 Å². The largest absolute Gasteiger partial charge is 0.299 e. The minimum Gasteiger partial charge on any atom is -0.299 e. The molecular weight excluding hydrogens is 256 g/mol. The molecule has 90 valence electrons. The van der Waals surface area contributed by atoms with E-state index in [1.165, 1.54) is 0 Å². The summed E-state index contributed by atoms with van der Waals surface area (Å²) < 4.78 is 1.65. The molecule has 0 saturated heterocycles. The first-order chi connectivity index (χ1) is 8.22. The maximum absolute atomic E-state index is 12.1. The maximum atomic E-state index is 12.1. The van der Waals surface area contributed by atoms with E-state index >= 15 is 0 Å². The molecule has 5 heteroatoms. The third kappa shape index (κ3) is 2.82. The van der Waals surface area contributed by atoms with Gasteiger partial charge in [-0.05, 0) is 36.6 Å². The van der Waals surface area contributed by atoms with Crippen LogP contribution >= 0.6 is 23.4 Å². The number of nitrogens with zero attached hydrogens (tertiary/aromatic N) is 2. The van der Waals surface area contributed by atoms with Gasteiger partial charge < -0.3 is 0 Å². The Morgan fingerprint density at radius 2 is 2.29 bits per heavy atom. The number of hydrogen-bond donors (Lipinski definition) is 0. The van der Waals surface area contributed by atoms with E-state index in [2.05, 4.69) is 11.2 Å². The summed E-state index contributed by atoms with van der Waals surface area (Å²) in [6, 6.07) is 5.19. The van der Waals surface area contributed by atoms with Crippen LogP contribution in [-0.2, 0) is 6.54 Å². The molecule has 0 bridgehead atoms. The fraction of sp³-hybridized carbons (Fsp3) is 0.333. The van der Waals surface area contributed by atoms with Crippen LogP contribution in [0.2, 0.25) is 5.02 Å². The molecule has 2 aromatic rings. The molecule has 0 radical (unpaired) electrons. The molecule has 0 amide bonds. The summed E-state index contributed by atoms with van der Waals surface area (Å²) >= 11 is 7.67. The summed E-state index contributed by atoms with van der Waals surface area (Å²) in [5, 5.41) is 1.16. The summed E-state index contributed by atoms with van der Waals surface area (Å²) in [6.45, 7) is 0.703. The standard InChI is InChI=1S/C12H13ClN2OS/c1-17-6-2-5-15-8-14-11-4-3-9(13)7-10(11)12(15)16/h3-4,7-8H,2,5-6H2,1H3. The fourth-order valence-corrected chi connectivity index (χ4v) is 2.26. The van der Waals surface area contributed by atoms with Gasteiger partial charge in [-0.1, -0.05) is 11.6 Å². The minimum atomic E-state index is -0.0152. The average Bonchev–Trinajstić information content (AvgIpc) is 2.33. The first-order valence-electron chi connectivity index (χ1n) is 5.36. The van der Waals surface area contributed by atoms with E-state index in [4.69, 9.17) is 11.6 Å². The van der Waals surface area contributed by atoms with Crippen LogP contribution in [0, 0.1) is 0 Å². The Hall–Kier alpha value is -1.00. The average molecular weight is 269 g/mol. The Kier molecular flexibility index (Phi) is 4.07. The molecular formula is C12H13ClN2OS. The zero-order valence-corrected chi connectivity index (χ0v) is 11.1. The summed E-state index contributed by atoms with van der Waals surface area (Å²) in [7, 11) is 0. The van der Waals surface area contributed by atoms with Crippen molar-refractivity contribution in [3.63, 3.8) is 0 Å². The van der Waals surface area contributed by atoms with Gasteiger partial charge in [-0.15, -0.1) is 0 Å². The number of aromatic nitrogens is 2. The zero-order valence-electron chi connectivity index (χ0n) is 9.52. The molecule has 2 rings (SSSR count). The second-order valence-corrected chi connectivity index (χ2v) is 5.17. The van der Waals surface area contributed by atoms with Crippen molar-refractivity contribution in [1.29, 1.82) is 0 Å². The molecule has 0 spiro atoms. The fourth-order valence-electron chi connectivity index (χ4n) is 1.67. The van der Waals surface area contributed by atoms with Gasteiger partial charge >= 0.3 is 0 Å². The van der Waals surface area contributed by atoms with Crippen LogP contribution < -0.4 is 5.56 Å². The third-order valence-corrected chi connectivity index (χ3v) is 3.47. The molecule has 1 aromatic carbocycles. The minimum absolute atomic E-state index is 0.0152. The first kappa shape index (κ1) is 12.5. The molecule has 0 aliphatic heterocycles. The highest BCUT2D eigenvalue weighted by molar-refractivity contribution is 7.98. The van der Waals surface area contributed by atoms with E-state index in [9.17, 15) is 4.79 Å². The lowest BCUT2D eigenvalue weighted by Crippen LogP contribution is -2.20. The van der Waals surface area contributed by atoms with Gasteiger partial charge in [0, 0.05) is 11.6 Å². The second-order valence-electron chi connectivity index (χ2n) is 3.75. The number of hydrogen-bond acceptors (Lipinski definition) is 3. The molecule has 0 aliphatic rings. The smallest absolute Gasteiger partial charge is 0.261 e. The summed E-state index contributed by atoms with van der Waals surface area (Å²) in [6.07, 6.45) is 4.63. The van der Waals surface area contributed by atoms with Crippen LogP contribution in [0.15, 0.2) is 29.3 Å². The molecule has 3 nitrogen and oxygen atoms in total. The van der Waals surface area contributed by atoms with E-state index in [-0.39, 0.29) is 5.56 Å². The number of rotatable bonds is 4. The lowest BCUT2D eigenvalue weighted by Gasteiger charge is -2.05. The third-order valence-electron chi connectivity index (χ3n) is 2.53. The van der Waals surface area contributed by atoms with Gasteiger partial charge in [0.15, 0.2) is 0 Å². The predicted molar refractivity (Wildman–Crippen MR) is 74.0 cm³/mol. The Labute approximate surface area is 109 Å². The summed E-state index contributed by atoms with van der Waals surface area (Å²) in [5.74, 6) is 1.04. The SMILES string of the molecule is CSCCCn1cnc2ccc(Cl)cc2c1=O. The molecule has 17 heavy (non-hydrogen) atoms. The molecule has 0 saturated carbocycles. The molecule has 0 N–H and O–H groups in total. The molecule has 0 aliphatic carbocycles. The number of benzene rings is 1. The lowest BCUT2D eigenvalue weighted by atomic mass is 10.2. The van der Waals surface area contributed by atoms with Gasteiger partial charge in [0.25, 0.3) is 5.56 Å². The van der Waals surface area contributed by atoms with Gasteiger partial charge in [-0.3, -0.25) is 9.36 Å². The van der Waals surface area contributed by atoms with Crippen LogP contribution in [-0.4, -0.2) is 21.6 Å². The van der Waals surface area contributed by atoms with Crippen LogP contribution in [0.25, 0.3) is 10.9 Å². The molecule has 1 heterocycles. The van der Waals surface area contributed by atoms with Crippen LogP contribution in [0.4, 0.5) is 0 Å². The topological polar surface area (TPSA) is 34.9 Å². The predicted octanol–water partition coefficient (Wildman–Crippen LogP) is 2.80. The van der Waals surface area contributed by atoms with Crippen LogP contribution in [0.1, 0.15) is 6.42 Å². The highest BCUT2D eigenvalue weighted by Crippen LogP contribution is 2.14. The van der Waals surface area contributed by atoms with Crippen molar-refractivity contribution in [2.75, 3.05) is 12.0 Å². The van der Waals surface area contributed by atoms with Crippen molar-refractivity contribution >= 4 is 34.3 Å². The van der Waals surface area contributed by atoms with Crippen molar-refractivity contribution in [2.45, 2.75) is 13.0 Å². The van der Waals surface area contributed by atoms with Gasteiger partial charge in [0.05, 0.1) is 17.2 Å². The van der Waals surface area contributed by atoms with Crippen LogP contribution in [0.5, 0.6) is 0 Å². The second kappa shape index (κ2) is 5.56. The molecule has 1 aromatic heterocycles. The van der Waals surface area contributed by atoms with Crippen molar-refractivity contribution in [3.8, 4) is 0 Å². The molecule has 0 atom stereocenters. The van der Waals surface area contributed by atoms with Gasteiger partial charge in [-0.2, -0.15) is 11.8 Å². The van der Waals surface area contributed by atoms with Gasteiger partial charge in [0.1, 0.15) is 0 Å². The van der Waals surface area contributed by atoms with E-state index in [0.29, 0.717) is 22.5 Å². The monoisotopic (exact) mass is 268 g/mol. The van der Waals surface area contributed by atoms with E-state index in [1.807, 2.05) is 0 Å². The number of thioether (sulfide) groups is 1. The Morgan fingerprint density at radius 1 is 1.47 bits per heavy atom. The molecule has 0 unspecified atom stereocenters. The summed E-state index contributed by atoms with van der Waals surface area (Å²) in [5.41, 5.74) is 0.680. The highest BCUT2D eigenvalue weighted by Gasteiger charge is 2.04. The highest BCUT2D eigenvalue weighted by atomic mass is 35.5. The Bertz CT molecular complexity index is 582. The summed E-state index contributed by atoms with van der Waals surface area (Å²) in [4.78, 5) is 16.4. The Morgan fingerprint density at radius 3 is 3.06 bits per heavy atom. The number of halogens is 1. The van der Waals surface area contributed by atoms with E-state index in [0.717, 1.165) is 12.2 Å². The Balaban J connectivity index is 2.39. The number of aryl methyl sites for hydroxylation is 1. The van der Waals surface area contributed by atoms with E-state index in [1.54, 1.807) is 40.9 Å². The van der Waals surface area contributed by atoms with Gasteiger partial charge in [0.2, 0.25) is 0 Å².